The van der Waals surface area contributed by atoms with Crippen molar-refractivity contribution in [3.63, 3.8) is 0 Å². The fourth-order valence-electron chi connectivity index (χ4n) is 2.26. The molecule has 2 aromatic rings. The van der Waals surface area contributed by atoms with Crippen molar-refractivity contribution in [1.29, 1.82) is 0 Å². The number of allylic oxidation sites excluding steroid dienone is 2. The topological polar surface area (TPSA) is 0 Å². The summed E-state index contributed by atoms with van der Waals surface area (Å²) in [5.41, 5.74) is 2.74. The normalized spacial score (nSPS) is 11.8. The molecule has 0 nitrogen and oxygen atoms in total. The summed E-state index contributed by atoms with van der Waals surface area (Å²) in [6, 6.07) is 17.6. The molecule has 0 unspecified atom stereocenters. The Morgan fingerprint density at radius 1 is 0.600 bits per heavy atom. The fraction of sp³-hybridized carbons (Fsp3) is 0.286. The van der Waals surface area contributed by atoms with E-state index in [9.17, 15) is 0 Å². The molecule has 0 spiro atoms. The second-order valence-electron chi connectivity index (χ2n) is 8.95. The summed E-state index contributed by atoms with van der Waals surface area (Å²) in [7, 11) is 0. The Balaban J connectivity index is 2.13. The van der Waals surface area contributed by atoms with E-state index in [0.717, 1.165) is 0 Å². The molecule has 0 N–H and O–H groups in total. The van der Waals surface area contributed by atoms with Crippen LogP contribution in [0.4, 0.5) is 0 Å². The summed E-state index contributed by atoms with van der Waals surface area (Å²) >= 11 is -0.440. The fourth-order valence-corrected chi connectivity index (χ4v) is 14.1. The van der Waals surface area contributed by atoms with Crippen LogP contribution in [0, 0.1) is 34.5 Å². The van der Waals surface area contributed by atoms with Crippen molar-refractivity contribution in [2.75, 3.05) is 0 Å². The molecule has 0 radical (unpaired) electrons. The Labute approximate surface area is 200 Å². The molecule has 0 heterocycles. The predicted octanol–water partition coefficient (Wildman–Crippen LogP) is 5.09. The Kier molecular flexibility index (Phi) is 9.84. The molecule has 154 valence electrons. The van der Waals surface area contributed by atoms with Crippen LogP contribution in [0.2, 0.25) is 0 Å². The second-order valence-corrected chi connectivity index (χ2v) is 18.8. The summed E-state index contributed by atoms with van der Waals surface area (Å²) in [5, 5.41) is 0. The predicted molar refractivity (Wildman–Crippen MR) is 136 cm³/mol. The van der Waals surface area contributed by atoms with Gasteiger partial charge in [-0.25, -0.2) is 0 Å². The molecule has 0 amide bonds. The summed E-state index contributed by atoms with van der Waals surface area (Å²) < 4.78 is 3.07. The first-order valence-electron chi connectivity index (χ1n) is 10.1. The molecular weight excluding hydrogens is 592 g/mol. The van der Waals surface area contributed by atoms with Crippen molar-refractivity contribution >= 4 is 53.5 Å². The molecule has 2 rings (SSSR count). The molecule has 2 aromatic carbocycles. The van der Waals surface area contributed by atoms with Gasteiger partial charge in [0, 0.05) is 0 Å². The molecule has 0 aliphatic rings. The first kappa shape index (κ1) is 24.9. The average Bonchev–Trinajstić information content (AvgIpc) is 2.67. The van der Waals surface area contributed by atoms with Crippen LogP contribution < -0.4 is 7.22 Å². The van der Waals surface area contributed by atoms with Gasteiger partial charge in [0.25, 0.3) is 0 Å². The molecule has 0 aliphatic carbocycles. The van der Waals surface area contributed by atoms with Gasteiger partial charge in [0.05, 0.1) is 0 Å². The first-order valence-corrected chi connectivity index (χ1v) is 19.7. The van der Waals surface area contributed by atoms with Crippen LogP contribution in [-0.2, 0) is 0 Å². The summed E-state index contributed by atoms with van der Waals surface area (Å²) in [5.74, 6) is 12.9. The molecule has 30 heavy (non-hydrogen) atoms. The maximum atomic E-state index is 3.27. The van der Waals surface area contributed by atoms with Crippen LogP contribution in [0.25, 0.3) is 12.2 Å². The third-order valence-electron chi connectivity index (χ3n) is 3.65. The van der Waals surface area contributed by atoms with E-state index in [2.05, 4.69) is 126 Å². The van der Waals surface area contributed by atoms with Crippen LogP contribution in [0.15, 0.2) is 60.7 Å². The third-order valence-corrected chi connectivity index (χ3v) is 15.5. The minimum atomic E-state index is -0.220. The third kappa shape index (κ3) is 10.1. The van der Waals surface area contributed by atoms with Crippen molar-refractivity contribution in [2.45, 2.75) is 41.5 Å². The van der Waals surface area contributed by atoms with Gasteiger partial charge in [0.2, 0.25) is 0 Å². The van der Waals surface area contributed by atoms with E-state index >= 15 is 0 Å². The maximum absolute atomic E-state index is 3.27. The van der Waals surface area contributed by atoms with Crippen molar-refractivity contribution in [3.05, 3.63) is 71.8 Å². The Bertz CT molecular complexity index is 935. The number of benzene rings is 2. The van der Waals surface area contributed by atoms with E-state index in [4.69, 9.17) is 0 Å². The van der Waals surface area contributed by atoms with E-state index < -0.39 is 0 Å². The van der Waals surface area contributed by atoms with Gasteiger partial charge in [-0.05, 0) is 0 Å². The van der Waals surface area contributed by atoms with Crippen LogP contribution in [0.3, 0.4) is 0 Å². The van der Waals surface area contributed by atoms with Crippen LogP contribution in [0.5, 0.6) is 0 Å². The standard InChI is InChI=1S/C28H30Te2/c1-27(2,3)21-13-11-17-23-15-7-9-19-25(23)29-30-26-20-10-8-16-24(26)18-12-14-22-28(4,5)6/h7-12,15-20H,1-6H3/b17-11-,18-12-. The SMILES string of the molecule is CC(C)(C)C#C/C=C\c1ccccc1[Te][Te]c1ccccc1/C=C\C#CC(C)(C)C. The zero-order chi connectivity index (χ0) is 22.0. The van der Waals surface area contributed by atoms with Crippen molar-refractivity contribution in [2.24, 2.45) is 10.8 Å². The van der Waals surface area contributed by atoms with E-state index in [0.29, 0.717) is 0 Å². The van der Waals surface area contributed by atoms with E-state index in [-0.39, 0.29) is 44.9 Å². The summed E-state index contributed by atoms with van der Waals surface area (Å²) in [6.07, 6.45) is 8.36. The zero-order valence-corrected chi connectivity index (χ0v) is 23.4. The summed E-state index contributed by atoms with van der Waals surface area (Å²) in [6.45, 7) is 12.8. The second kappa shape index (κ2) is 11.9. The van der Waals surface area contributed by atoms with Gasteiger partial charge in [0.1, 0.15) is 0 Å². The monoisotopic (exact) mass is 626 g/mol. The van der Waals surface area contributed by atoms with Crippen LogP contribution >= 0.6 is 0 Å². The molecule has 0 aliphatic heterocycles. The number of hydrogen-bond donors (Lipinski definition) is 0. The molecule has 0 bridgehead atoms. The molecule has 0 saturated heterocycles. The van der Waals surface area contributed by atoms with E-state index in [1.54, 1.807) is 0 Å². The molecular formula is C28H30Te2. The first-order chi connectivity index (χ1) is 14.1. The Hall–Kier alpha value is -1.38. The van der Waals surface area contributed by atoms with Crippen LogP contribution in [0.1, 0.15) is 52.7 Å². The van der Waals surface area contributed by atoms with Crippen molar-refractivity contribution < 1.29 is 0 Å². The van der Waals surface area contributed by atoms with Gasteiger partial charge in [-0.2, -0.15) is 0 Å². The van der Waals surface area contributed by atoms with Gasteiger partial charge < -0.3 is 0 Å². The van der Waals surface area contributed by atoms with E-state index in [1.807, 2.05) is 12.2 Å². The Morgan fingerprint density at radius 3 is 1.33 bits per heavy atom. The molecule has 0 fully saturated rings. The Morgan fingerprint density at radius 2 is 0.967 bits per heavy atom. The number of hydrogen-bond acceptors (Lipinski definition) is 0. The quantitative estimate of drug-likeness (QED) is 0.323. The molecule has 0 saturated carbocycles. The molecule has 0 aromatic heterocycles. The molecule has 2 heteroatoms. The minimum absolute atomic E-state index is 0.0407. The van der Waals surface area contributed by atoms with Crippen molar-refractivity contribution in [3.8, 4) is 23.7 Å². The van der Waals surface area contributed by atoms with Gasteiger partial charge in [-0.15, -0.1) is 0 Å². The van der Waals surface area contributed by atoms with Gasteiger partial charge in [-0.1, -0.05) is 0 Å². The average molecular weight is 622 g/mol. The van der Waals surface area contributed by atoms with Crippen LogP contribution in [-0.4, -0.2) is 34.1 Å². The molecule has 0 atom stereocenters. The zero-order valence-electron chi connectivity index (χ0n) is 18.7. The van der Waals surface area contributed by atoms with Gasteiger partial charge in [-0.3, -0.25) is 0 Å². The number of rotatable bonds is 5. The summed E-state index contributed by atoms with van der Waals surface area (Å²) in [4.78, 5) is 0. The van der Waals surface area contributed by atoms with E-state index in [1.165, 1.54) is 18.3 Å². The van der Waals surface area contributed by atoms with Gasteiger partial charge in [0.15, 0.2) is 0 Å². The van der Waals surface area contributed by atoms with Gasteiger partial charge >= 0.3 is 201 Å². The van der Waals surface area contributed by atoms with Crippen molar-refractivity contribution in [1.82, 2.24) is 0 Å².